The third kappa shape index (κ3) is 4.53. The molecular formula is C19H16N4O4S3. The summed E-state index contributed by atoms with van der Waals surface area (Å²) in [6.07, 6.45) is 1.15. The number of hydrogen-bond acceptors (Lipinski definition) is 8. The van der Waals surface area contributed by atoms with E-state index in [1.54, 1.807) is 30.3 Å². The van der Waals surface area contributed by atoms with Crippen molar-refractivity contribution < 1.29 is 13.2 Å². The molecule has 0 aliphatic rings. The van der Waals surface area contributed by atoms with Gasteiger partial charge in [0, 0.05) is 6.26 Å². The largest absolute Gasteiger partial charge is 0.309 e. The zero-order chi connectivity index (χ0) is 21.3. The van der Waals surface area contributed by atoms with Crippen LogP contribution in [-0.4, -0.2) is 41.3 Å². The summed E-state index contributed by atoms with van der Waals surface area (Å²) in [5.74, 6) is 0.793. The summed E-state index contributed by atoms with van der Waals surface area (Å²) in [5.41, 5.74) is 1.03. The van der Waals surface area contributed by atoms with E-state index in [9.17, 15) is 18.0 Å². The first kappa shape index (κ1) is 20.5. The third-order valence-corrected chi connectivity index (χ3v) is 7.16. The Labute approximate surface area is 179 Å². The number of sulfone groups is 1. The van der Waals surface area contributed by atoms with E-state index in [0.717, 1.165) is 6.26 Å². The zero-order valence-corrected chi connectivity index (χ0v) is 18.2. The summed E-state index contributed by atoms with van der Waals surface area (Å²) in [7, 11) is -3.31. The van der Waals surface area contributed by atoms with Crippen LogP contribution in [0.1, 0.15) is 5.82 Å². The molecule has 2 aromatic heterocycles. The van der Waals surface area contributed by atoms with Gasteiger partial charge in [0.2, 0.25) is 5.91 Å². The van der Waals surface area contributed by atoms with Crippen LogP contribution in [0.25, 0.3) is 21.1 Å². The molecule has 0 spiro atoms. The summed E-state index contributed by atoms with van der Waals surface area (Å²) < 4.78 is 24.0. The molecule has 2 N–H and O–H groups in total. The summed E-state index contributed by atoms with van der Waals surface area (Å²) in [6.45, 7) is 0. The van der Waals surface area contributed by atoms with Gasteiger partial charge >= 0.3 is 0 Å². The molecule has 0 aliphatic heterocycles. The standard InChI is InChI=1S/C19H16N4O4S3/c1-30(26,27)11-6-7-14-15(8-11)29-19(21-14)23-17(24)10-28-9-16-20-13-5-3-2-4-12(13)18(25)22-16/h2-8H,9-10H2,1H3,(H,20,22,25)(H,21,23,24). The molecule has 0 saturated carbocycles. The summed E-state index contributed by atoms with van der Waals surface area (Å²) >= 11 is 2.53. The van der Waals surface area contributed by atoms with E-state index in [0.29, 0.717) is 37.8 Å². The Kier molecular flexibility index (Phi) is 5.58. The van der Waals surface area contributed by atoms with Crippen molar-refractivity contribution >= 4 is 65.1 Å². The number of thiazole rings is 1. The number of aromatic amines is 1. The molecule has 0 bridgehead atoms. The molecule has 154 valence electrons. The van der Waals surface area contributed by atoms with Crippen LogP contribution in [-0.2, 0) is 20.4 Å². The number of para-hydroxylation sites is 1. The maximum Gasteiger partial charge on any atom is 0.258 e. The average molecular weight is 461 g/mol. The minimum Gasteiger partial charge on any atom is -0.309 e. The fourth-order valence-electron chi connectivity index (χ4n) is 2.79. The van der Waals surface area contributed by atoms with Gasteiger partial charge in [-0.2, -0.15) is 0 Å². The van der Waals surface area contributed by atoms with Crippen LogP contribution in [0.4, 0.5) is 5.13 Å². The monoisotopic (exact) mass is 460 g/mol. The van der Waals surface area contributed by atoms with E-state index in [4.69, 9.17) is 0 Å². The van der Waals surface area contributed by atoms with Crippen LogP contribution in [0.5, 0.6) is 0 Å². The van der Waals surface area contributed by atoms with Gasteiger partial charge in [0.1, 0.15) is 5.82 Å². The summed E-state index contributed by atoms with van der Waals surface area (Å²) in [4.78, 5) is 36.0. The topological polar surface area (TPSA) is 122 Å². The van der Waals surface area contributed by atoms with Crippen molar-refractivity contribution in [3.63, 3.8) is 0 Å². The molecule has 0 aliphatic carbocycles. The lowest BCUT2D eigenvalue weighted by atomic mass is 10.2. The van der Waals surface area contributed by atoms with Crippen molar-refractivity contribution in [3.8, 4) is 0 Å². The molecule has 2 heterocycles. The van der Waals surface area contributed by atoms with Crippen LogP contribution < -0.4 is 10.9 Å². The highest BCUT2D eigenvalue weighted by molar-refractivity contribution is 7.99. The molecule has 0 saturated heterocycles. The Morgan fingerprint density at radius 2 is 1.97 bits per heavy atom. The van der Waals surface area contributed by atoms with Crippen molar-refractivity contribution in [2.45, 2.75) is 10.6 Å². The maximum absolute atomic E-state index is 12.2. The smallest absolute Gasteiger partial charge is 0.258 e. The second-order valence-corrected chi connectivity index (χ2v) is 10.5. The quantitative estimate of drug-likeness (QED) is 0.454. The van der Waals surface area contributed by atoms with Gasteiger partial charge in [0.25, 0.3) is 5.56 Å². The second kappa shape index (κ2) is 8.17. The lowest BCUT2D eigenvalue weighted by molar-refractivity contribution is -0.113. The number of H-pyrrole nitrogens is 1. The summed E-state index contributed by atoms with van der Waals surface area (Å²) in [5, 5.41) is 3.65. The van der Waals surface area contributed by atoms with Gasteiger partial charge in [0.05, 0.1) is 37.5 Å². The molecule has 0 atom stereocenters. The SMILES string of the molecule is CS(=O)(=O)c1ccc2nc(NC(=O)CSCc3nc4ccccc4c(=O)[nH]3)sc2c1. The van der Waals surface area contributed by atoms with Gasteiger partial charge in [-0.1, -0.05) is 23.5 Å². The number of carbonyl (C=O) groups is 1. The minimum absolute atomic E-state index is 0.154. The van der Waals surface area contributed by atoms with E-state index in [1.807, 2.05) is 6.07 Å². The third-order valence-electron chi connectivity index (χ3n) is 4.17. The molecular weight excluding hydrogens is 444 g/mol. The first-order valence-corrected chi connectivity index (χ1v) is 12.6. The van der Waals surface area contributed by atoms with Crippen LogP contribution in [0.3, 0.4) is 0 Å². The van der Waals surface area contributed by atoms with E-state index in [-0.39, 0.29) is 22.1 Å². The molecule has 30 heavy (non-hydrogen) atoms. The molecule has 8 nitrogen and oxygen atoms in total. The van der Waals surface area contributed by atoms with Crippen LogP contribution in [0, 0.1) is 0 Å². The molecule has 0 fully saturated rings. The van der Waals surface area contributed by atoms with Gasteiger partial charge in [-0.25, -0.2) is 18.4 Å². The molecule has 4 rings (SSSR count). The number of nitrogens with zero attached hydrogens (tertiary/aromatic N) is 2. The van der Waals surface area contributed by atoms with Crippen molar-refractivity contribution in [1.82, 2.24) is 15.0 Å². The second-order valence-electron chi connectivity index (χ2n) is 6.49. The number of rotatable bonds is 6. The molecule has 4 aromatic rings. The first-order chi connectivity index (χ1) is 14.3. The van der Waals surface area contributed by atoms with Crippen molar-refractivity contribution in [3.05, 3.63) is 58.6 Å². The Morgan fingerprint density at radius 3 is 2.77 bits per heavy atom. The Morgan fingerprint density at radius 1 is 1.17 bits per heavy atom. The Hall–Kier alpha value is -2.76. The highest BCUT2D eigenvalue weighted by Crippen LogP contribution is 2.28. The lowest BCUT2D eigenvalue weighted by Crippen LogP contribution is -2.15. The highest BCUT2D eigenvalue weighted by Gasteiger charge is 2.12. The van der Waals surface area contributed by atoms with E-state index in [1.165, 1.54) is 29.2 Å². The van der Waals surface area contributed by atoms with Gasteiger partial charge in [0.15, 0.2) is 15.0 Å². The number of thioether (sulfide) groups is 1. The molecule has 2 aromatic carbocycles. The van der Waals surface area contributed by atoms with Crippen LogP contribution >= 0.6 is 23.1 Å². The Balaban J connectivity index is 1.39. The van der Waals surface area contributed by atoms with Gasteiger partial charge in [-0.05, 0) is 30.3 Å². The molecule has 1 amide bonds. The first-order valence-electron chi connectivity index (χ1n) is 8.76. The molecule has 0 radical (unpaired) electrons. The number of benzene rings is 2. The number of fused-ring (bicyclic) bond motifs is 2. The maximum atomic E-state index is 12.2. The van der Waals surface area contributed by atoms with Crippen LogP contribution in [0.2, 0.25) is 0 Å². The van der Waals surface area contributed by atoms with E-state index in [2.05, 4.69) is 20.3 Å². The fourth-order valence-corrected chi connectivity index (χ4v) is 5.12. The lowest BCUT2D eigenvalue weighted by Gasteiger charge is -2.03. The Bertz CT molecular complexity index is 1430. The number of hydrogen-bond donors (Lipinski definition) is 2. The van der Waals surface area contributed by atoms with Gasteiger partial charge in [-0.3, -0.25) is 9.59 Å². The predicted molar refractivity (Wildman–Crippen MR) is 120 cm³/mol. The normalized spacial score (nSPS) is 11.8. The van der Waals surface area contributed by atoms with Crippen molar-refractivity contribution in [1.29, 1.82) is 0 Å². The predicted octanol–water partition coefficient (Wildman–Crippen LogP) is 2.81. The van der Waals surface area contributed by atoms with Crippen molar-refractivity contribution in [2.75, 3.05) is 17.3 Å². The highest BCUT2D eigenvalue weighted by atomic mass is 32.2. The zero-order valence-electron chi connectivity index (χ0n) is 15.7. The van der Waals surface area contributed by atoms with E-state index < -0.39 is 9.84 Å². The fraction of sp³-hybridized carbons (Fsp3) is 0.158. The number of anilines is 1. The number of nitrogens with one attached hydrogen (secondary N) is 2. The van der Waals surface area contributed by atoms with Gasteiger partial charge < -0.3 is 10.3 Å². The number of aromatic nitrogens is 3. The molecule has 0 unspecified atom stereocenters. The number of carbonyl (C=O) groups excluding carboxylic acids is 1. The van der Waals surface area contributed by atoms with E-state index >= 15 is 0 Å². The van der Waals surface area contributed by atoms with Crippen LogP contribution in [0.15, 0.2) is 52.2 Å². The van der Waals surface area contributed by atoms with Gasteiger partial charge in [-0.15, -0.1) is 11.8 Å². The number of amides is 1. The minimum atomic E-state index is -3.31. The van der Waals surface area contributed by atoms with Crippen molar-refractivity contribution in [2.24, 2.45) is 0 Å². The average Bonchev–Trinajstić information content (AvgIpc) is 3.08. The summed E-state index contributed by atoms with van der Waals surface area (Å²) in [6, 6.07) is 11.7. The molecule has 11 heteroatoms.